The van der Waals surface area contributed by atoms with Crippen LogP contribution < -0.4 is 15.4 Å². The van der Waals surface area contributed by atoms with E-state index in [0.29, 0.717) is 23.5 Å². The summed E-state index contributed by atoms with van der Waals surface area (Å²) < 4.78 is 5.66. The third-order valence-corrected chi connectivity index (χ3v) is 5.13. The third-order valence-electron chi connectivity index (χ3n) is 5.13. The fourth-order valence-electron chi connectivity index (χ4n) is 3.14. The number of hydrogen-bond donors (Lipinski definition) is 2. The number of carbonyl (C=O) groups is 3. The van der Waals surface area contributed by atoms with Crippen molar-refractivity contribution in [1.82, 2.24) is 0 Å². The first-order valence-electron chi connectivity index (χ1n) is 11.0. The number of hydrogen-bond acceptors (Lipinski definition) is 4. The maximum atomic E-state index is 12.4. The van der Waals surface area contributed by atoms with Crippen molar-refractivity contribution in [2.75, 3.05) is 17.2 Å². The van der Waals surface area contributed by atoms with Gasteiger partial charge in [0.05, 0.1) is 6.61 Å². The largest absolute Gasteiger partial charge is 0.494 e. The first-order valence-corrected chi connectivity index (χ1v) is 11.0. The van der Waals surface area contributed by atoms with Gasteiger partial charge in [-0.2, -0.15) is 0 Å². The summed E-state index contributed by atoms with van der Waals surface area (Å²) >= 11 is 0. The summed E-state index contributed by atoms with van der Waals surface area (Å²) in [5.74, 6) is 0.560. The van der Waals surface area contributed by atoms with E-state index >= 15 is 0 Å². The Balaban J connectivity index is 1.42. The molecule has 0 bridgehead atoms. The Morgan fingerprint density at radius 1 is 0.935 bits per heavy atom. The lowest BCUT2D eigenvalue weighted by Gasteiger charge is -2.09. The van der Waals surface area contributed by atoms with Crippen molar-refractivity contribution in [1.29, 1.82) is 0 Å². The number of anilines is 2. The van der Waals surface area contributed by atoms with Crippen molar-refractivity contribution in [3.05, 3.63) is 54.1 Å². The Hall–Kier alpha value is -3.15. The molecule has 3 rings (SSSR count). The third kappa shape index (κ3) is 7.55. The Morgan fingerprint density at radius 2 is 1.65 bits per heavy atom. The zero-order valence-electron chi connectivity index (χ0n) is 18.0. The molecule has 1 aliphatic carbocycles. The smallest absolute Gasteiger partial charge is 0.227 e. The molecule has 1 fully saturated rings. The highest BCUT2D eigenvalue weighted by atomic mass is 16.5. The second kappa shape index (κ2) is 11.3. The highest BCUT2D eigenvalue weighted by molar-refractivity contribution is 6.00. The molecule has 2 aromatic carbocycles. The molecule has 6 heteroatoms. The quantitative estimate of drug-likeness (QED) is 0.363. The molecule has 0 atom stereocenters. The van der Waals surface area contributed by atoms with Gasteiger partial charge < -0.3 is 15.4 Å². The molecule has 0 saturated heterocycles. The maximum Gasteiger partial charge on any atom is 0.227 e. The van der Waals surface area contributed by atoms with E-state index in [2.05, 4.69) is 17.6 Å². The number of amides is 2. The predicted octanol–water partition coefficient (Wildman–Crippen LogP) is 5.21. The molecule has 1 aliphatic rings. The minimum atomic E-state index is -0.241. The number of carbonyl (C=O) groups excluding carboxylic acids is 3. The SMILES string of the molecule is CCCCCOc1ccc(C(=O)CCC(=O)Nc2cccc(NC(=O)C3CC3)c2)cc1. The molecule has 0 heterocycles. The summed E-state index contributed by atoms with van der Waals surface area (Å²) in [5, 5.41) is 5.65. The number of ketones is 1. The molecule has 0 aromatic heterocycles. The number of ether oxygens (including phenoxy) is 1. The number of nitrogens with one attached hydrogen (secondary N) is 2. The van der Waals surface area contributed by atoms with E-state index in [0.717, 1.165) is 37.9 Å². The zero-order chi connectivity index (χ0) is 22.1. The number of unbranched alkanes of at least 4 members (excludes halogenated alkanes) is 2. The zero-order valence-corrected chi connectivity index (χ0v) is 18.0. The van der Waals surface area contributed by atoms with E-state index in [1.54, 1.807) is 48.5 Å². The maximum absolute atomic E-state index is 12.4. The van der Waals surface area contributed by atoms with Gasteiger partial charge in [-0.05, 0) is 61.7 Å². The Kier molecular flexibility index (Phi) is 8.21. The summed E-state index contributed by atoms with van der Waals surface area (Å²) in [6.07, 6.45) is 5.39. The van der Waals surface area contributed by atoms with E-state index < -0.39 is 0 Å². The van der Waals surface area contributed by atoms with Crippen molar-refractivity contribution >= 4 is 29.0 Å². The van der Waals surface area contributed by atoms with Crippen LogP contribution in [-0.2, 0) is 9.59 Å². The van der Waals surface area contributed by atoms with Gasteiger partial charge in [0.15, 0.2) is 5.78 Å². The molecule has 164 valence electrons. The average Bonchev–Trinajstić information content (AvgIpc) is 3.61. The molecule has 2 aromatic rings. The predicted molar refractivity (Wildman–Crippen MR) is 121 cm³/mol. The first-order chi connectivity index (χ1) is 15.0. The van der Waals surface area contributed by atoms with Crippen LogP contribution in [0, 0.1) is 5.92 Å². The molecular weight excluding hydrogens is 392 g/mol. The minimum Gasteiger partial charge on any atom is -0.494 e. The summed E-state index contributed by atoms with van der Waals surface area (Å²) in [6.45, 7) is 2.82. The van der Waals surface area contributed by atoms with E-state index in [1.165, 1.54) is 0 Å². The Morgan fingerprint density at radius 3 is 2.32 bits per heavy atom. The van der Waals surface area contributed by atoms with E-state index in [9.17, 15) is 14.4 Å². The van der Waals surface area contributed by atoms with Crippen LogP contribution in [0.1, 0.15) is 62.2 Å². The number of benzene rings is 2. The molecular formula is C25H30N2O4. The Labute approximate surface area is 183 Å². The highest BCUT2D eigenvalue weighted by Gasteiger charge is 2.29. The van der Waals surface area contributed by atoms with Gasteiger partial charge in [-0.1, -0.05) is 25.8 Å². The van der Waals surface area contributed by atoms with Gasteiger partial charge in [0.25, 0.3) is 0 Å². The van der Waals surface area contributed by atoms with Gasteiger partial charge in [0.2, 0.25) is 11.8 Å². The normalized spacial score (nSPS) is 12.8. The van der Waals surface area contributed by atoms with Gasteiger partial charge in [0, 0.05) is 35.7 Å². The van der Waals surface area contributed by atoms with Crippen LogP contribution in [0.5, 0.6) is 5.75 Å². The van der Waals surface area contributed by atoms with Crippen LogP contribution in [0.2, 0.25) is 0 Å². The van der Waals surface area contributed by atoms with Crippen molar-refractivity contribution in [3.63, 3.8) is 0 Å². The topological polar surface area (TPSA) is 84.5 Å². The minimum absolute atomic E-state index is 0.0199. The van der Waals surface area contributed by atoms with E-state index in [1.807, 2.05) is 0 Å². The monoisotopic (exact) mass is 422 g/mol. The summed E-state index contributed by atoms with van der Waals surface area (Å²) in [4.78, 5) is 36.5. The van der Waals surface area contributed by atoms with Gasteiger partial charge in [0.1, 0.15) is 5.75 Å². The first kappa shape index (κ1) is 22.5. The fraction of sp³-hybridized carbons (Fsp3) is 0.400. The fourth-order valence-corrected chi connectivity index (χ4v) is 3.14. The Bertz CT molecular complexity index is 904. The number of Topliss-reactive ketones (excluding diaryl/α,β-unsaturated/α-hetero) is 1. The lowest BCUT2D eigenvalue weighted by atomic mass is 10.1. The molecule has 6 nitrogen and oxygen atoms in total. The second-order valence-corrected chi connectivity index (χ2v) is 7.90. The molecule has 2 amide bonds. The lowest BCUT2D eigenvalue weighted by molar-refractivity contribution is -0.117. The lowest BCUT2D eigenvalue weighted by Crippen LogP contribution is -2.15. The molecule has 31 heavy (non-hydrogen) atoms. The van der Waals surface area contributed by atoms with Crippen LogP contribution in [0.25, 0.3) is 0 Å². The molecule has 0 radical (unpaired) electrons. The standard InChI is InChI=1S/C25H30N2O4/c1-2-3-4-16-31-22-12-10-18(11-13-22)23(28)14-15-24(29)26-20-6-5-7-21(17-20)27-25(30)19-8-9-19/h5-7,10-13,17,19H,2-4,8-9,14-16H2,1H3,(H,26,29)(H,27,30). The molecule has 0 spiro atoms. The van der Waals surface area contributed by atoms with Gasteiger partial charge in [-0.15, -0.1) is 0 Å². The van der Waals surface area contributed by atoms with Crippen LogP contribution in [0.4, 0.5) is 11.4 Å². The van der Waals surface area contributed by atoms with Crippen LogP contribution in [0.3, 0.4) is 0 Å². The van der Waals surface area contributed by atoms with Crippen molar-refractivity contribution in [2.24, 2.45) is 5.92 Å². The summed E-state index contributed by atoms with van der Waals surface area (Å²) in [5.41, 5.74) is 1.82. The van der Waals surface area contributed by atoms with Crippen molar-refractivity contribution in [2.45, 2.75) is 51.9 Å². The van der Waals surface area contributed by atoms with Crippen LogP contribution in [-0.4, -0.2) is 24.2 Å². The van der Waals surface area contributed by atoms with Crippen molar-refractivity contribution < 1.29 is 19.1 Å². The van der Waals surface area contributed by atoms with Gasteiger partial charge in [-0.25, -0.2) is 0 Å². The van der Waals surface area contributed by atoms with E-state index in [4.69, 9.17) is 4.74 Å². The highest BCUT2D eigenvalue weighted by Crippen LogP contribution is 2.30. The summed E-state index contributed by atoms with van der Waals surface area (Å²) in [7, 11) is 0. The second-order valence-electron chi connectivity index (χ2n) is 7.90. The van der Waals surface area contributed by atoms with Crippen molar-refractivity contribution in [3.8, 4) is 5.75 Å². The van der Waals surface area contributed by atoms with Gasteiger partial charge in [-0.3, -0.25) is 14.4 Å². The van der Waals surface area contributed by atoms with Crippen LogP contribution in [0.15, 0.2) is 48.5 Å². The van der Waals surface area contributed by atoms with Crippen LogP contribution >= 0.6 is 0 Å². The summed E-state index contributed by atoms with van der Waals surface area (Å²) in [6, 6.07) is 14.1. The molecule has 1 saturated carbocycles. The number of rotatable bonds is 12. The van der Waals surface area contributed by atoms with Gasteiger partial charge >= 0.3 is 0 Å². The molecule has 2 N–H and O–H groups in total. The molecule has 0 aliphatic heterocycles. The van der Waals surface area contributed by atoms with E-state index in [-0.39, 0.29) is 36.4 Å². The molecule has 0 unspecified atom stereocenters. The average molecular weight is 423 g/mol.